The average molecular weight is 294 g/mol. The summed E-state index contributed by atoms with van der Waals surface area (Å²) in [4.78, 5) is 2.36. The Morgan fingerprint density at radius 3 is 2.35 bits per heavy atom. The molecule has 0 bridgehead atoms. The van der Waals surface area contributed by atoms with Crippen LogP contribution in [-0.4, -0.2) is 18.1 Å². The third-order valence-electron chi connectivity index (χ3n) is 4.30. The Morgan fingerprint density at radius 1 is 1.30 bits per heavy atom. The molecule has 0 spiro atoms. The normalized spacial score (nSPS) is 17.3. The van der Waals surface area contributed by atoms with E-state index in [0.717, 1.165) is 37.5 Å². The van der Waals surface area contributed by atoms with E-state index in [2.05, 4.69) is 25.7 Å². The quantitative estimate of drug-likeness (QED) is 0.843. The molecule has 0 saturated carbocycles. The van der Waals surface area contributed by atoms with Crippen LogP contribution in [0.15, 0.2) is 18.2 Å². The van der Waals surface area contributed by atoms with Crippen molar-refractivity contribution < 1.29 is 4.39 Å². The molecule has 0 aromatic heterocycles. The van der Waals surface area contributed by atoms with Crippen molar-refractivity contribution in [3.63, 3.8) is 0 Å². The van der Waals surface area contributed by atoms with Crippen LogP contribution in [0.5, 0.6) is 0 Å². The Bertz CT molecular complexity index is 500. The second-order valence-corrected chi connectivity index (χ2v) is 7.10. The second-order valence-electron chi connectivity index (χ2n) is 6.66. The number of halogens is 1. The maximum absolute atomic E-state index is 13.9. The van der Waals surface area contributed by atoms with Crippen molar-refractivity contribution in [1.82, 2.24) is 0 Å². The number of anilines is 1. The van der Waals surface area contributed by atoms with Gasteiger partial charge in [0, 0.05) is 24.3 Å². The number of piperidine rings is 1. The average Bonchev–Trinajstić information content (AvgIpc) is 2.37. The molecule has 110 valence electrons. The molecule has 1 heterocycles. The molecule has 2 rings (SSSR count). The number of benzene rings is 1. The molecule has 1 aromatic carbocycles. The van der Waals surface area contributed by atoms with E-state index < -0.39 is 0 Å². The molecule has 2 nitrogen and oxygen atoms in total. The minimum absolute atomic E-state index is 0.112. The summed E-state index contributed by atoms with van der Waals surface area (Å²) >= 11 is 4.83. The van der Waals surface area contributed by atoms with Crippen molar-refractivity contribution in [2.24, 2.45) is 17.1 Å². The van der Waals surface area contributed by atoms with Gasteiger partial charge in [0.15, 0.2) is 0 Å². The third-order valence-corrected chi connectivity index (χ3v) is 4.52. The first-order valence-corrected chi connectivity index (χ1v) is 7.54. The highest BCUT2D eigenvalue weighted by Crippen LogP contribution is 2.35. The predicted molar refractivity (Wildman–Crippen MR) is 86.7 cm³/mol. The maximum Gasteiger partial charge on any atom is 0.135 e. The van der Waals surface area contributed by atoms with Gasteiger partial charge in [-0.2, -0.15) is 0 Å². The molecule has 0 atom stereocenters. The molecular weight excluding hydrogens is 271 g/mol. The molecule has 1 saturated heterocycles. The van der Waals surface area contributed by atoms with Gasteiger partial charge < -0.3 is 10.6 Å². The fourth-order valence-corrected chi connectivity index (χ4v) is 3.07. The van der Waals surface area contributed by atoms with Crippen LogP contribution in [0.4, 0.5) is 10.1 Å². The lowest BCUT2D eigenvalue weighted by Crippen LogP contribution is -2.38. The molecular formula is C16H23FN2S. The van der Waals surface area contributed by atoms with Crippen LogP contribution in [0, 0.1) is 17.2 Å². The third kappa shape index (κ3) is 3.29. The van der Waals surface area contributed by atoms with Crippen molar-refractivity contribution in [3.05, 3.63) is 29.6 Å². The van der Waals surface area contributed by atoms with Crippen LogP contribution >= 0.6 is 12.2 Å². The lowest BCUT2D eigenvalue weighted by molar-refractivity contribution is 0.199. The molecule has 4 heteroatoms. The van der Waals surface area contributed by atoms with Crippen LogP contribution in [0.1, 0.15) is 39.2 Å². The van der Waals surface area contributed by atoms with Gasteiger partial charge in [0.05, 0.1) is 0 Å². The first-order valence-electron chi connectivity index (χ1n) is 7.13. The van der Waals surface area contributed by atoms with E-state index >= 15 is 0 Å². The van der Waals surface area contributed by atoms with E-state index in [9.17, 15) is 4.39 Å². The molecule has 20 heavy (non-hydrogen) atoms. The van der Waals surface area contributed by atoms with E-state index in [1.807, 2.05) is 6.07 Å². The monoisotopic (exact) mass is 294 g/mol. The van der Waals surface area contributed by atoms with Gasteiger partial charge in [-0.05, 0) is 42.4 Å². The Morgan fingerprint density at radius 2 is 1.90 bits per heavy atom. The van der Waals surface area contributed by atoms with E-state index in [1.54, 1.807) is 12.1 Å². The number of hydrogen-bond acceptors (Lipinski definition) is 2. The Labute approximate surface area is 126 Å². The minimum Gasteiger partial charge on any atom is -0.389 e. The fourth-order valence-electron chi connectivity index (χ4n) is 2.90. The van der Waals surface area contributed by atoms with Crippen molar-refractivity contribution in [1.29, 1.82) is 0 Å². The molecule has 0 unspecified atom stereocenters. The summed E-state index contributed by atoms with van der Waals surface area (Å²) in [7, 11) is 0. The summed E-state index contributed by atoms with van der Waals surface area (Å²) in [5, 5.41) is 0. The van der Waals surface area contributed by atoms with Gasteiger partial charge in [-0.15, -0.1) is 0 Å². The number of hydrogen-bond donors (Lipinski definition) is 1. The zero-order valence-corrected chi connectivity index (χ0v) is 13.3. The first-order chi connectivity index (χ1) is 9.29. The lowest BCUT2D eigenvalue weighted by Gasteiger charge is -2.39. The van der Waals surface area contributed by atoms with Gasteiger partial charge >= 0.3 is 0 Å². The van der Waals surface area contributed by atoms with E-state index in [-0.39, 0.29) is 10.8 Å². The van der Waals surface area contributed by atoms with Crippen molar-refractivity contribution >= 4 is 22.9 Å². The minimum atomic E-state index is -0.326. The van der Waals surface area contributed by atoms with Gasteiger partial charge in [0.1, 0.15) is 10.8 Å². The van der Waals surface area contributed by atoms with Crippen molar-refractivity contribution in [3.8, 4) is 0 Å². The van der Waals surface area contributed by atoms with Gasteiger partial charge in [-0.1, -0.05) is 33.0 Å². The molecule has 2 N–H and O–H groups in total. The SMILES string of the molecule is CC(C)(C)C1CCN(c2ccc(C(N)=S)c(F)c2)CC1. The largest absolute Gasteiger partial charge is 0.389 e. The van der Waals surface area contributed by atoms with Crippen LogP contribution < -0.4 is 10.6 Å². The number of thiocarbonyl (C=S) groups is 1. The first kappa shape index (κ1) is 15.2. The Kier molecular flexibility index (Phi) is 4.33. The topological polar surface area (TPSA) is 29.3 Å². The number of nitrogens with two attached hydrogens (primary N) is 1. The van der Waals surface area contributed by atoms with Crippen LogP contribution in [0.3, 0.4) is 0 Å². The van der Waals surface area contributed by atoms with Gasteiger partial charge in [-0.25, -0.2) is 4.39 Å². The van der Waals surface area contributed by atoms with Gasteiger partial charge in [0.25, 0.3) is 0 Å². The summed E-state index contributed by atoms with van der Waals surface area (Å²) in [6.07, 6.45) is 2.31. The fraction of sp³-hybridized carbons (Fsp3) is 0.562. The molecule has 0 aliphatic carbocycles. The lowest BCUT2D eigenvalue weighted by atomic mass is 9.75. The summed E-state index contributed by atoms with van der Waals surface area (Å²) < 4.78 is 13.9. The van der Waals surface area contributed by atoms with Crippen LogP contribution in [0.25, 0.3) is 0 Å². The summed E-state index contributed by atoms with van der Waals surface area (Å²) in [6, 6.07) is 5.14. The zero-order chi connectivity index (χ0) is 14.9. The standard InChI is InChI=1S/C16H23FN2S/c1-16(2,3)11-6-8-19(9-7-11)12-4-5-13(15(18)20)14(17)10-12/h4-5,10-11H,6-9H2,1-3H3,(H2,18,20). The smallest absolute Gasteiger partial charge is 0.135 e. The maximum atomic E-state index is 13.9. The predicted octanol–water partition coefficient (Wildman–Crippen LogP) is 3.72. The highest BCUT2D eigenvalue weighted by molar-refractivity contribution is 7.80. The summed E-state index contributed by atoms with van der Waals surface area (Å²) in [6.45, 7) is 8.85. The molecule has 0 radical (unpaired) electrons. The van der Waals surface area contributed by atoms with Crippen molar-refractivity contribution in [2.45, 2.75) is 33.6 Å². The molecule has 1 fully saturated rings. The molecule has 1 aliphatic rings. The Hall–Kier alpha value is -1.16. The highest BCUT2D eigenvalue weighted by atomic mass is 32.1. The van der Waals surface area contributed by atoms with E-state index in [4.69, 9.17) is 18.0 Å². The van der Waals surface area contributed by atoms with Crippen molar-refractivity contribution in [2.75, 3.05) is 18.0 Å². The number of rotatable bonds is 2. The van der Waals surface area contributed by atoms with Crippen LogP contribution in [0.2, 0.25) is 0 Å². The van der Waals surface area contributed by atoms with E-state index in [1.165, 1.54) is 0 Å². The highest BCUT2D eigenvalue weighted by Gasteiger charge is 2.28. The molecule has 1 aliphatic heterocycles. The summed E-state index contributed by atoms with van der Waals surface area (Å²) in [5.74, 6) is 0.410. The molecule has 1 aromatic rings. The van der Waals surface area contributed by atoms with Gasteiger partial charge in [0.2, 0.25) is 0 Å². The van der Waals surface area contributed by atoms with Gasteiger partial charge in [-0.3, -0.25) is 0 Å². The number of nitrogens with zero attached hydrogens (tertiary/aromatic N) is 1. The molecule has 0 amide bonds. The zero-order valence-electron chi connectivity index (χ0n) is 12.4. The van der Waals surface area contributed by atoms with Crippen LogP contribution in [-0.2, 0) is 0 Å². The Balaban J connectivity index is 2.08. The van der Waals surface area contributed by atoms with E-state index in [0.29, 0.717) is 11.0 Å². The summed E-state index contributed by atoms with van der Waals surface area (Å²) in [5.41, 5.74) is 7.09. The second kappa shape index (κ2) is 5.68.